The van der Waals surface area contributed by atoms with Gasteiger partial charge in [0.05, 0.1) is 5.56 Å². The van der Waals surface area contributed by atoms with E-state index in [0.717, 1.165) is 16.9 Å². The van der Waals surface area contributed by atoms with E-state index in [0.29, 0.717) is 5.56 Å². The average Bonchev–Trinajstić information content (AvgIpc) is 2.07. The number of hydrogen-bond donors (Lipinski definition) is 0. The summed E-state index contributed by atoms with van der Waals surface area (Å²) in [4.78, 5) is 11.6. The molecule has 0 atom stereocenters. The van der Waals surface area contributed by atoms with Crippen molar-refractivity contribution in [1.29, 1.82) is 0 Å². The summed E-state index contributed by atoms with van der Waals surface area (Å²) in [7, 11) is -1.68. The number of benzene rings is 1. The lowest BCUT2D eigenvalue weighted by atomic mass is 10.0. The highest BCUT2D eigenvalue weighted by atomic mass is 28.4. The summed E-state index contributed by atoms with van der Waals surface area (Å²) in [6.45, 7) is 11.9. The SMILES string of the molecule is CC(=O)c1cc(C)cc(C)c1O[Si](C)(C)C. The van der Waals surface area contributed by atoms with Crippen LogP contribution in [0.3, 0.4) is 0 Å². The molecular formula is C13H20O2Si. The van der Waals surface area contributed by atoms with E-state index in [1.165, 1.54) is 0 Å². The lowest BCUT2D eigenvalue weighted by Crippen LogP contribution is -2.30. The van der Waals surface area contributed by atoms with Crippen LogP contribution in [0.25, 0.3) is 0 Å². The molecule has 0 saturated carbocycles. The first-order valence-electron chi connectivity index (χ1n) is 5.52. The highest BCUT2D eigenvalue weighted by molar-refractivity contribution is 6.70. The zero-order valence-electron chi connectivity index (χ0n) is 11.0. The van der Waals surface area contributed by atoms with Crippen LogP contribution < -0.4 is 4.43 Å². The number of hydrogen-bond acceptors (Lipinski definition) is 2. The predicted octanol–water partition coefficient (Wildman–Crippen LogP) is 3.72. The third-order valence-electron chi connectivity index (χ3n) is 2.21. The number of Topliss-reactive ketones (excluding diaryl/α,β-unsaturated/α-hetero) is 1. The summed E-state index contributed by atoms with van der Waals surface area (Å²) >= 11 is 0. The second kappa shape index (κ2) is 4.42. The van der Waals surface area contributed by atoms with Crippen molar-refractivity contribution in [2.75, 3.05) is 0 Å². The number of rotatable bonds is 3. The Hall–Kier alpha value is -1.09. The van der Waals surface area contributed by atoms with Gasteiger partial charge in [0, 0.05) is 0 Å². The Morgan fingerprint density at radius 2 is 1.75 bits per heavy atom. The molecule has 1 aromatic rings. The van der Waals surface area contributed by atoms with Crippen molar-refractivity contribution in [3.63, 3.8) is 0 Å². The molecule has 1 rings (SSSR count). The molecule has 88 valence electrons. The Morgan fingerprint density at radius 3 is 2.19 bits per heavy atom. The quantitative estimate of drug-likeness (QED) is 0.590. The molecule has 0 unspecified atom stereocenters. The van der Waals surface area contributed by atoms with Gasteiger partial charge in [-0.25, -0.2) is 0 Å². The van der Waals surface area contributed by atoms with E-state index in [1.54, 1.807) is 6.92 Å². The molecule has 3 heteroatoms. The first kappa shape index (κ1) is 13.0. The monoisotopic (exact) mass is 236 g/mol. The van der Waals surface area contributed by atoms with Crippen molar-refractivity contribution in [3.05, 3.63) is 28.8 Å². The first-order chi connectivity index (χ1) is 7.20. The maximum Gasteiger partial charge on any atom is 0.242 e. The van der Waals surface area contributed by atoms with Crippen LogP contribution in [0.2, 0.25) is 19.6 Å². The predicted molar refractivity (Wildman–Crippen MR) is 69.9 cm³/mol. The number of carbonyl (C=O) groups is 1. The smallest absolute Gasteiger partial charge is 0.242 e. The molecule has 0 bridgehead atoms. The van der Waals surface area contributed by atoms with Crippen LogP contribution >= 0.6 is 0 Å². The normalized spacial score (nSPS) is 11.4. The Kier molecular flexibility index (Phi) is 3.58. The van der Waals surface area contributed by atoms with E-state index in [2.05, 4.69) is 25.7 Å². The highest BCUT2D eigenvalue weighted by Crippen LogP contribution is 2.28. The van der Waals surface area contributed by atoms with Gasteiger partial charge in [0.2, 0.25) is 8.32 Å². The van der Waals surface area contributed by atoms with Crippen molar-refractivity contribution >= 4 is 14.1 Å². The van der Waals surface area contributed by atoms with Gasteiger partial charge < -0.3 is 4.43 Å². The molecular weight excluding hydrogens is 216 g/mol. The third-order valence-corrected chi connectivity index (χ3v) is 3.02. The zero-order valence-corrected chi connectivity index (χ0v) is 12.0. The molecule has 0 N–H and O–H groups in total. The third kappa shape index (κ3) is 3.20. The summed E-state index contributed by atoms with van der Waals surface area (Å²) in [5.74, 6) is 0.845. The van der Waals surface area contributed by atoms with Gasteiger partial charge in [-0.2, -0.15) is 0 Å². The Morgan fingerprint density at radius 1 is 1.19 bits per heavy atom. The minimum absolute atomic E-state index is 0.0695. The minimum Gasteiger partial charge on any atom is -0.544 e. The van der Waals surface area contributed by atoms with Crippen molar-refractivity contribution in [1.82, 2.24) is 0 Å². The first-order valence-corrected chi connectivity index (χ1v) is 8.93. The van der Waals surface area contributed by atoms with Crippen LogP contribution in [0.15, 0.2) is 12.1 Å². The molecule has 0 aromatic heterocycles. The summed E-state index contributed by atoms with van der Waals surface area (Å²) in [5, 5.41) is 0. The fraction of sp³-hybridized carbons (Fsp3) is 0.462. The van der Waals surface area contributed by atoms with Gasteiger partial charge in [-0.3, -0.25) is 4.79 Å². The van der Waals surface area contributed by atoms with Gasteiger partial charge >= 0.3 is 0 Å². The van der Waals surface area contributed by atoms with Gasteiger partial charge in [0.15, 0.2) is 5.78 Å². The second-order valence-corrected chi connectivity index (χ2v) is 9.66. The molecule has 0 aliphatic rings. The van der Waals surface area contributed by atoms with Crippen molar-refractivity contribution < 1.29 is 9.22 Å². The molecule has 0 fully saturated rings. The van der Waals surface area contributed by atoms with Crippen LogP contribution in [0.1, 0.15) is 28.4 Å². The molecule has 0 heterocycles. The van der Waals surface area contributed by atoms with E-state index in [9.17, 15) is 4.79 Å². The zero-order chi connectivity index (χ0) is 12.5. The van der Waals surface area contributed by atoms with Gasteiger partial charge in [-0.15, -0.1) is 0 Å². The van der Waals surface area contributed by atoms with Gasteiger partial charge in [-0.1, -0.05) is 6.07 Å². The fourth-order valence-corrected chi connectivity index (χ4v) is 2.54. The molecule has 0 spiro atoms. The fourth-order valence-electron chi connectivity index (χ4n) is 1.66. The van der Waals surface area contributed by atoms with Crippen LogP contribution in [0, 0.1) is 13.8 Å². The summed E-state index contributed by atoms with van der Waals surface area (Å²) < 4.78 is 6.00. The summed E-state index contributed by atoms with van der Waals surface area (Å²) in [6, 6.07) is 3.96. The topological polar surface area (TPSA) is 26.3 Å². The van der Waals surface area contributed by atoms with E-state index in [1.807, 2.05) is 19.9 Å². The van der Waals surface area contributed by atoms with Crippen molar-refractivity contribution in [2.45, 2.75) is 40.4 Å². The maximum absolute atomic E-state index is 11.6. The van der Waals surface area contributed by atoms with Gasteiger partial charge in [0.25, 0.3) is 0 Å². The molecule has 1 aromatic carbocycles. The van der Waals surface area contributed by atoms with Crippen molar-refractivity contribution in [3.8, 4) is 5.75 Å². The lowest BCUT2D eigenvalue weighted by Gasteiger charge is -2.23. The van der Waals surface area contributed by atoms with Crippen molar-refractivity contribution in [2.24, 2.45) is 0 Å². The minimum atomic E-state index is -1.68. The van der Waals surface area contributed by atoms with E-state index < -0.39 is 8.32 Å². The maximum atomic E-state index is 11.6. The molecule has 16 heavy (non-hydrogen) atoms. The molecule has 0 saturated heterocycles. The number of carbonyl (C=O) groups excluding carboxylic acids is 1. The largest absolute Gasteiger partial charge is 0.544 e. The van der Waals surface area contributed by atoms with Crippen LogP contribution in [-0.4, -0.2) is 14.1 Å². The van der Waals surface area contributed by atoms with E-state index >= 15 is 0 Å². The molecule has 0 aliphatic heterocycles. The molecule has 0 aliphatic carbocycles. The molecule has 0 amide bonds. The lowest BCUT2D eigenvalue weighted by molar-refractivity contribution is 0.101. The number of ketones is 1. The second-order valence-electron chi connectivity index (χ2n) is 5.23. The van der Waals surface area contributed by atoms with Gasteiger partial charge in [-0.05, 0) is 57.6 Å². The summed E-state index contributed by atoms with van der Waals surface area (Å²) in [6.07, 6.45) is 0. The standard InChI is InChI=1S/C13H20O2Si/c1-9-7-10(2)13(15-16(4,5)6)12(8-9)11(3)14/h7-8H,1-6H3. The highest BCUT2D eigenvalue weighted by Gasteiger charge is 2.21. The molecule has 0 radical (unpaired) electrons. The van der Waals surface area contributed by atoms with Crippen LogP contribution in [-0.2, 0) is 0 Å². The van der Waals surface area contributed by atoms with E-state index in [4.69, 9.17) is 4.43 Å². The Balaban J connectivity index is 3.30. The molecule has 2 nitrogen and oxygen atoms in total. The van der Waals surface area contributed by atoms with Crippen LogP contribution in [0.5, 0.6) is 5.75 Å². The number of aryl methyl sites for hydroxylation is 2. The van der Waals surface area contributed by atoms with Crippen LogP contribution in [0.4, 0.5) is 0 Å². The average molecular weight is 236 g/mol. The van der Waals surface area contributed by atoms with Gasteiger partial charge in [0.1, 0.15) is 5.75 Å². The Labute approximate surface area is 98.8 Å². The van der Waals surface area contributed by atoms with E-state index in [-0.39, 0.29) is 5.78 Å². The Bertz CT molecular complexity index is 417. The summed E-state index contributed by atoms with van der Waals surface area (Å²) in [5.41, 5.74) is 2.86.